The van der Waals surface area contributed by atoms with E-state index in [0.29, 0.717) is 5.56 Å². The summed E-state index contributed by atoms with van der Waals surface area (Å²) in [5, 5.41) is 13.6. The molecule has 0 aliphatic carbocycles. The van der Waals surface area contributed by atoms with Crippen LogP contribution in [0, 0.1) is 0 Å². The molecule has 0 spiro atoms. The van der Waals surface area contributed by atoms with E-state index in [1.54, 1.807) is 31.2 Å². The fourth-order valence-electron chi connectivity index (χ4n) is 1.27. The molecule has 5 heteroatoms. The first-order chi connectivity index (χ1) is 8.15. The van der Waals surface area contributed by atoms with Crippen LogP contribution in [-0.2, 0) is 4.79 Å². The number of carbonyl (C=O) groups excluding carboxylic acids is 2. The molecule has 1 aromatic carbocycles. The summed E-state index contributed by atoms with van der Waals surface area (Å²) in [6.07, 6.45) is 0. The van der Waals surface area contributed by atoms with Gasteiger partial charge in [0.05, 0.1) is 6.61 Å². The largest absolute Gasteiger partial charge is 0.395 e. The highest BCUT2D eigenvalue weighted by Crippen LogP contribution is 1.98. The number of benzene rings is 1. The monoisotopic (exact) mass is 236 g/mol. The van der Waals surface area contributed by atoms with Crippen molar-refractivity contribution < 1.29 is 14.7 Å². The zero-order chi connectivity index (χ0) is 12.7. The molecule has 0 saturated heterocycles. The van der Waals surface area contributed by atoms with Crippen LogP contribution >= 0.6 is 0 Å². The third kappa shape index (κ3) is 4.24. The highest BCUT2D eigenvalue weighted by Gasteiger charge is 2.15. The zero-order valence-corrected chi connectivity index (χ0v) is 9.64. The highest BCUT2D eigenvalue weighted by molar-refractivity contribution is 5.97. The third-order valence-corrected chi connectivity index (χ3v) is 2.19. The molecule has 0 bridgehead atoms. The van der Waals surface area contributed by atoms with Crippen LogP contribution in [0.3, 0.4) is 0 Å². The van der Waals surface area contributed by atoms with Crippen LogP contribution < -0.4 is 10.6 Å². The molecule has 5 nitrogen and oxygen atoms in total. The second-order valence-corrected chi connectivity index (χ2v) is 3.58. The maximum atomic E-state index is 11.7. The number of carbonyl (C=O) groups is 2. The van der Waals surface area contributed by atoms with E-state index >= 15 is 0 Å². The predicted molar refractivity (Wildman–Crippen MR) is 63.5 cm³/mol. The van der Waals surface area contributed by atoms with Gasteiger partial charge in [-0.2, -0.15) is 0 Å². The molecular weight excluding hydrogens is 220 g/mol. The summed E-state index contributed by atoms with van der Waals surface area (Å²) in [6, 6.07) is 8.04. The molecule has 17 heavy (non-hydrogen) atoms. The molecule has 2 amide bonds. The standard InChI is InChI=1S/C12H16N2O3/c1-9(11(16)13-7-8-15)14-12(17)10-5-3-2-4-6-10/h2-6,9,15H,7-8H2,1H3,(H,13,16)(H,14,17). The van der Waals surface area contributed by atoms with E-state index in [2.05, 4.69) is 10.6 Å². The summed E-state index contributed by atoms with van der Waals surface area (Å²) in [5.41, 5.74) is 0.509. The fraction of sp³-hybridized carbons (Fsp3) is 0.333. The van der Waals surface area contributed by atoms with Crippen molar-refractivity contribution in [3.05, 3.63) is 35.9 Å². The Kier molecular flexibility index (Phi) is 5.16. The Balaban J connectivity index is 2.49. The van der Waals surface area contributed by atoms with E-state index in [9.17, 15) is 9.59 Å². The average molecular weight is 236 g/mol. The maximum absolute atomic E-state index is 11.7. The lowest BCUT2D eigenvalue weighted by molar-refractivity contribution is -0.122. The number of amides is 2. The predicted octanol–water partition coefficient (Wildman–Crippen LogP) is -0.0866. The highest BCUT2D eigenvalue weighted by atomic mass is 16.3. The lowest BCUT2D eigenvalue weighted by Gasteiger charge is -2.13. The maximum Gasteiger partial charge on any atom is 0.251 e. The van der Waals surface area contributed by atoms with Crippen molar-refractivity contribution >= 4 is 11.8 Å². The van der Waals surface area contributed by atoms with E-state index in [1.165, 1.54) is 0 Å². The van der Waals surface area contributed by atoms with Crippen LogP contribution in [0.1, 0.15) is 17.3 Å². The van der Waals surface area contributed by atoms with Crippen molar-refractivity contribution in [1.82, 2.24) is 10.6 Å². The Bertz CT molecular complexity index is 379. The quantitative estimate of drug-likeness (QED) is 0.668. The number of hydrogen-bond donors (Lipinski definition) is 3. The van der Waals surface area contributed by atoms with E-state index in [4.69, 9.17) is 5.11 Å². The first-order valence-electron chi connectivity index (χ1n) is 5.39. The molecule has 0 fully saturated rings. The Morgan fingerprint density at radius 3 is 2.53 bits per heavy atom. The van der Waals surface area contributed by atoms with Crippen LogP contribution in [-0.4, -0.2) is 36.1 Å². The van der Waals surface area contributed by atoms with Crippen molar-refractivity contribution in [2.45, 2.75) is 13.0 Å². The number of nitrogens with one attached hydrogen (secondary N) is 2. The molecule has 0 radical (unpaired) electrons. The van der Waals surface area contributed by atoms with Crippen molar-refractivity contribution in [2.75, 3.05) is 13.2 Å². The second-order valence-electron chi connectivity index (χ2n) is 3.58. The third-order valence-electron chi connectivity index (χ3n) is 2.19. The summed E-state index contributed by atoms with van der Waals surface area (Å²) >= 11 is 0. The van der Waals surface area contributed by atoms with Gasteiger partial charge in [-0.15, -0.1) is 0 Å². The lowest BCUT2D eigenvalue weighted by atomic mass is 10.2. The second kappa shape index (κ2) is 6.65. The summed E-state index contributed by atoms with van der Waals surface area (Å²) in [6.45, 7) is 1.66. The van der Waals surface area contributed by atoms with Crippen molar-refractivity contribution in [3.8, 4) is 0 Å². The van der Waals surface area contributed by atoms with Gasteiger partial charge in [0.2, 0.25) is 5.91 Å². The Hall–Kier alpha value is -1.88. The Morgan fingerprint density at radius 1 is 1.29 bits per heavy atom. The fourth-order valence-corrected chi connectivity index (χ4v) is 1.27. The minimum absolute atomic E-state index is 0.120. The molecular formula is C12H16N2O3. The van der Waals surface area contributed by atoms with Gasteiger partial charge in [-0.25, -0.2) is 0 Å². The van der Waals surface area contributed by atoms with Gasteiger partial charge < -0.3 is 15.7 Å². The minimum atomic E-state index is -0.630. The van der Waals surface area contributed by atoms with Crippen molar-refractivity contribution in [3.63, 3.8) is 0 Å². The number of aliphatic hydroxyl groups is 1. The molecule has 3 N–H and O–H groups in total. The normalized spacial score (nSPS) is 11.6. The molecule has 0 saturated carbocycles. The molecule has 1 atom stereocenters. The summed E-state index contributed by atoms with van der Waals surface area (Å²) in [7, 11) is 0. The summed E-state index contributed by atoms with van der Waals surface area (Å²) in [4.78, 5) is 23.1. The molecule has 0 aromatic heterocycles. The van der Waals surface area contributed by atoms with E-state index in [1.807, 2.05) is 6.07 Å². The van der Waals surface area contributed by atoms with Gasteiger partial charge in [0.15, 0.2) is 0 Å². The van der Waals surface area contributed by atoms with Gasteiger partial charge in [0.1, 0.15) is 6.04 Å². The van der Waals surface area contributed by atoms with Crippen LogP contribution in [0.25, 0.3) is 0 Å². The summed E-state index contributed by atoms with van der Waals surface area (Å²) in [5.74, 6) is -0.611. The number of rotatable bonds is 5. The summed E-state index contributed by atoms with van der Waals surface area (Å²) < 4.78 is 0. The molecule has 0 aliphatic rings. The molecule has 1 aromatic rings. The molecule has 0 aliphatic heterocycles. The Labute approximate surface area is 99.8 Å². The van der Waals surface area contributed by atoms with Crippen LogP contribution in [0.5, 0.6) is 0 Å². The zero-order valence-electron chi connectivity index (χ0n) is 9.64. The molecule has 92 valence electrons. The molecule has 1 unspecified atom stereocenters. The van der Waals surface area contributed by atoms with Crippen LogP contribution in [0.4, 0.5) is 0 Å². The van der Waals surface area contributed by atoms with Gasteiger partial charge in [0.25, 0.3) is 5.91 Å². The van der Waals surface area contributed by atoms with E-state index in [0.717, 1.165) is 0 Å². The van der Waals surface area contributed by atoms with Gasteiger partial charge in [-0.1, -0.05) is 18.2 Å². The van der Waals surface area contributed by atoms with Crippen LogP contribution in [0.2, 0.25) is 0 Å². The van der Waals surface area contributed by atoms with E-state index in [-0.39, 0.29) is 25.0 Å². The molecule has 0 heterocycles. The number of aliphatic hydroxyl groups excluding tert-OH is 1. The van der Waals surface area contributed by atoms with Gasteiger partial charge in [-0.3, -0.25) is 9.59 Å². The Morgan fingerprint density at radius 2 is 1.94 bits per heavy atom. The van der Waals surface area contributed by atoms with Gasteiger partial charge >= 0.3 is 0 Å². The van der Waals surface area contributed by atoms with Crippen molar-refractivity contribution in [2.24, 2.45) is 0 Å². The van der Waals surface area contributed by atoms with Gasteiger partial charge in [0, 0.05) is 12.1 Å². The SMILES string of the molecule is CC(NC(=O)c1ccccc1)C(=O)NCCO. The lowest BCUT2D eigenvalue weighted by Crippen LogP contribution is -2.45. The first kappa shape index (κ1) is 13.2. The molecule has 1 rings (SSSR count). The van der Waals surface area contributed by atoms with E-state index < -0.39 is 6.04 Å². The van der Waals surface area contributed by atoms with Crippen molar-refractivity contribution in [1.29, 1.82) is 0 Å². The minimum Gasteiger partial charge on any atom is -0.395 e. The smallest absolute Gasteiger partial charge is 0.251 e. The topological polar surface area (TPSA) is 78.4 Å². The van der Waals surface area contributed by atoms with Crippen LogP contribution in [0.15, 0.2) is 30.3 Å². The number of hydrogen-bond acceptors (Lipinski definition) is 3. The average Bonchev–Trinajstić information content (AvgIpc) is 2.36. The first-order valence-corrected chi connectivity index (χ1v) is 5.39. The van der Waals surface area contributed by atoms with Gasteiger partial charge in [-0.05, 0) is 19.1 Å².